The Bertz CT molecular complexity index is 2120. The molecule has 44 heavy (non-hydrogen) atoms. The van der Waals surface area contributed by atoms with E-state index in [0.29, 0.717) is 39.3 Å². The maximum atomic E-state index is 13.7. The van der Waals surface area contributed by atoms with Crippen LogP contribution < -0.4 is 9.62 Å². The van der Waals surface area contributed by atoms with E-state index in [9.17, 15) is 17.6 Å². The van der Waals surface area contributed by atoms with E-state index in [1.165, 1.54) is 42.7 Å². The summed E-state index contributed by atoms with van der Waals surface area (Å²) in [6, 6.07) is 18.8. The molecule has 0 radical (unpaired) electrons. The van der Waals surface area contributed by atoms with E-state index in [1.807, 2.05) is 24.3 Å². The highest BCUT2D eigenvalue weighted by atomic mass is 32.2. The zero-order chi connectivity index (χ0) is 31.2. The van der Waals surface area contributed by atoms with Gasteiger partial charge < -0.3 is 14.7 Å². The van der Waals surface area contributed by atoms with Crippen LogP contribution in [0.25, 0.3) is 56.0 Å². The minimum Gasteiger partial charge on any atom is -0.455 e. The van der Waals surface area contributed by atoms with Crippen molar-refractivity contribution >= 4 is 43.8 Å². The minimum atomic E-state index is -3.69. The third-order valence-corrected chi connectivity index (χ3v) is 8.77. The number of aryl methyl sites for hydroxylation is 1. The van der Waals surface area contributed by atoms with E-state index in [-0.39, 0.29) is 11.3 Å². The number of anilines is 1. The average Bonchev–Trinajstić information content (AvgIpc) is 3.61. The SMILES string of the molecule is CCCc1cc(-c2nc3cccnc3[nH]2)cc(-c2cc3c(C(=O)NC)c(-c4ccc(F)cc4)oc3cc2N(C)S(C)(=O)=O)c1. The number of aromatic nitrogens is 3. The van der Waals surface area contributed by atoms with Gasteiger partial charge in [0.2, 0.25) is 10.0 Å². The minimum absolute atomic E-state index is 0.250. The Morgan fingerprint density at radius 1 is 1.05 bits per heavy atom. The Morgan fingerprint density at radius 3 is 2.48 bits per heavy atom. The molecule has 11 heteroatoms. The van der Waals surface area contributed by atoms with Gasteiger partial charge in [0.25, 0.3) is 5.91 Å². The highest BCUT2D eigenvalue weighted by Crippen LogP contribution is 2.42. The predicted octanol–water partition coefficient (Wildman–Crippen LogP) is 6.55. The van der Waals surface area contributed by atoms with E-state index in [2.05, 4.69) is 28.3 Å². The van der Waals surface area contributed by atoms with Gasteiger partial charge in [-0.1, -0.05) is 19.4 Å². The molecule has 0 spiro atoms. The van der Waals surface area contributed by atoms with Gasteiger partial charge in [0.1, 0.15) is 28.5 Å². The van der Waals surface area contributed by atoms with Gasteiger partial charge in [0.05, 0.1) is 17.5 Å². The van der Waals surface area contributed by atoms with Crippen LogP contribution in [0, 0.1) is 5.82 Å². The van der Waals surface area contributed by atoms with E-state index < -0.39 is 21.7 Å². The number of hydrogen-bond acceptors (Lipinski definition) is 6. The van der Waals surface area contributed by atoms with Crippen LogP contribution in [0.1, 0.15) is 29.3 Å². The lowest BCUT2D eigenvalue weighted by Gasteiger charge is -2.21. The van der Waals surface area contributed by atoms with Crippen molar-refractivity contribution in [1.29, 1.82) is 0 Å². The van der Waals surface area contributed by atoms with E-state index in [4.69, 9.17) is 9.40 Å². The fourth-order valence-electron chi connectivity index (χ4n) is 5.36. The van der Waals surface area contributed by atoms with Crippen LogP contribution in [0.5, 0.6) is 0 Å². The number of aromatic amines is 1. The average molecular weight is 612 g/mol. The lowest BCUT2D eigenvalue weighted by molar-refractivity contribution is 0.0964. The number of pyridine rings is 1. The molecule has 0 aliphatic rings. The Hall–Kier alpha value is -5.03. The molecule has 3 heterocycles. The summed E-state index contributed by atoms with van der Waals surface area (Å²) in [7, 11) is -0.696. The molecule has 2 N–H and O–H groups in total. The van der Waals surface area contributed by atoms with Gasteiger partial charge in [0, 0.05) is 48.4 Å². The second kappa shape index (κ2) is 11.2. The molecule has 0 aliphatic carbocycles. The lowest BCUT2D eigenvalue weighted by Crippen LogP contribution is -2.25. The third kappa shape index (κ3) is 5.30. The van der Waals surface area contributed by atoms with Crippen LogP contribution >= 0.6 is 0 Å². The van der Waals surface area contributed by atoms with Crippen LogP contribution in [-0.4, -0.2) is 49.6 Å². The number of carbonyl (C=O) groups is 1. The maximum Gasteiger partial charge on any atom is 0.255 e. The van der Waals surface area contributed by atoms with E-state index >= 15 is 0 Å². The largest absolute Gasteiger partial charge is 0.455 e. The summed E-state index contributed by atoms with van der Waals surface area (Å²) < 4.78 is 46.9. The molecule has 6 rings (SSSR count). The molecule has 1 amide bonds. The Balaban J connectivity index is 1.65. The number of H-pyrrole nitrogens is 1. The van der Waals surface area contributed by atoms with E-state index in [0.717, 1.165) is 41.3 Å². The van der Waals surface area contributed by atoms with Crippen molar-refractivity contribution in [2.45, 2.75) is 19.8 Å². The first kappa shape index (κ1) is 29.1. The molecule has 9 nitrogen and oxygen atoms in total. The number of sulfonamides is 1. The number of halogens is 1. The number of rotatable bonds is 8. The Kier molecular flexibility index (Phi) is 7.42. The van der Waals surface area contributed by atoms with Crippen LogP contribution in [0.2, 0.25) is 0 Å². The summed E-state index contributed by atoms with van der Waals surface area (Å²) in [6.07, 6.45) is 4.50. The van der Waals surface area contributed by atoms with Crippen LogP contribution in [0.3, 0.4) is 0 Å². The maximum absolute atomic E-state index is 13.7. The first-order valence-electron chi connectivity index (χ1n) is 14.0. The number of benzene rings is 3. The number of nitrogens with zero attached hydrogens (tertiary/aromatic N) is 3. The van der Waals surface area contributed by atoms with Crippen LogP contribution in [0.4, 0.5) is 10.1 Å². The van der Waals surface area contributed by atoms with E-state index in [1.54, 1.807) is 18.3 Å². The number of carbonyl (C=O) groups excluding carboxylic acids is 1. The molecule has 0 saturated heterocycles. The van der Waals surface area contributed by atoms with Gasteiger partial charge in [-0.3, -0.25) is 9.10 Å². The Labute approximate surface area is 253 Å². The number of fused-ring (bicyclic) bond motifs is 2. The van der Waals surface area contributed by atoms with Crippen molar-refractivity contribution in [2.75, 3.05) is 24.7 Å². The molecule has 0 unspecified atom stereocenters. The summed E-state index contributed by atoms with van der Waals surface area (Å²) in [5.74, 6) is 0.0618. The van der Waals surface area contributed by atoms with Crippen molar-refractivity contribution in [1.82, 2.24) is 20.3 Å². The van der Waals surface area contributed by atoms with Crippen molar-refractivity contribution in [3.05, 3.63) is 89.9 Å². The summed E-state index contributed by atoms with van der Waals surface area (Å²) in [5, 5.41) is 3.16. The second-order valence-corrected chi connectivity index (χ2v) is 12.6. The lowest BCUT2D eigenvalue weighted by atomic mass is 9.94. The molecular formula is C33H30FN5O4S. The first-order chi connectivity index (χ1) is 21.1. The van der Waals surface area contributed by atoms with Gasteiger partial charge in [-0.2, -0.15) is 0 Å². The van der Waals surface area contributed by atoms with Gasteiger partial charge in [0.15, 0.2) is 5.65 Å². The van der Waals surface area contributed by atoms with Gasteiger partial charge in [-0.15, -0.1) is 0 Å². The predicted molar refractivity (Wildman–Crippen MR) is 171 cm³/mol. The second-order valence-electron chi connectivity index (χ2n) is 10.6. The number of furan rings is 1. The summed E-state index contributed by atoms with van der Waals surface area (Å²) in [4.78, 5) is 25.7. The summed E-state index contributed by atoms with van der Waals surface area (Å²) in [5.41, 5.74) is 5.99. The Morgan fingerprint density at radius 2 is 1.80 bits per heavy atom. The molecule has 3 aromatic heterocycles. The number of hydrogen-bond donors (Lipinski definition) is 2. The zero-order valence-corrected chi connectivity index (χ0v) is 25.4. The molecule has 0 bridgehead atoms. The first-order valence-corrected chi connectivity index (χ1v) is 15.9. The molecule has 0 aliphatic heterocycles. The van der Waals surface area contributed by atoms with Gasteiger partial charge in [-0.05, 0) is 72.1 Å². The van der Waals surface area contributed by atoms with Crippen molar-refractivity contribution in [3.8, 4) is 33.8 Å². The molecule has 6 aromatic rings. The number of imidazole rings is 1. The molecular weight excluding hydrogens is 581 g/mol. The summed E-state index contributed by atoms with van der Waals surface area (Å²) >= 11 is 0. The van der Waals surface area contributed by atoms with Crippen molar-refractivity contribution in [3.63, 3.8) is 0 Å². The number of amides is 1. The topological polar surface area (TPSA) is 121 Å². The van der Waals surface area contributed by atoms with Gasteiger partial charge in [-0.25, -0.2) is 22.8 Å². The van der Waals surface area contributed by atoms with Crippen molar-refractivity contribution in [2.24, 2.45) is 0 Å². The standard InChI is InChI=1S/C33H30FN5O4S/c1-5-7-19-14-21(16-22(15-19)31-37-26-8-6-13-36-32(26)38-31)24-17-25-28(18-27(24)39(3)44(4,41)42)43-30(29(25)33(40)35-2)20-9-11-23(34)12-10-20/h6,8-18H,5,7H2,1-4H3,(H,35,40)(H,36,37,38). The number of nitrogens with one attached hydrogen (secondary N) is 2. The zero-order valence-electron chi connectivity index (χ0n) is 24.6. The smallest absolute Gasteiger partial charge is 0.255 e. The normalized spacial score (nSPS) is 11.8. The molecule has 3 aromatic carbocycles. The molecule has 0 atom stereocenters. The van der Waals surface area contributed by atoms with Crippen molar-refractivity contribution < 1.29 is 22.0 Å². The molecule has 0 fully saturated rings. The third-order valence-electron chi connectivity index (χ3n) is 7.57. The monoisotopic (exact) mass is 611 g/mol. The summed E-state index contributed by atoms with van der Waals surface area (Å²) in [6.45, 7) is 2.09. The fourth-order valence-corrected chi connectivity index (χ4v) is 5.86. The highest BCUT2D eigenvalue weighted by molar-refractivity contribution is 7.92. The van der Waals surface area contributed by atoms with Crippen LogP contribution in [-0.2, 0) is 16.4 Å². The highest BCUT2D eigenvalue weighted by Gasteiger charge is 2.26. The quantitative estimate of drug-likeness (QED) is 0.201. The van der Waals surface area contributed by atoms with Crippen LogP contribution in [0.15, 0.2) is 77.3 Å². The van der Waals surface area contributed by atoms with Gasteiger partial charge >= 0.3 is 0 Å². The molecule has 224 valence electrons. The fraction of sp³-hybridized carbons (Fsp3) is 0.182. The molecule has 0 saturated carbocycles.